The molecule has 1 saturated heterocycles. The lowest BCUT2D eigenvalue weighted by molar-refractivity contribution is -0.137. The van der Waals surface area contributed by atoms with E-state index in [0.29, 0.717) is 12.5 Å². The van der Waals surface area contributed by atoms with Crippen molar-refractivity contribution in [2.75, 3.05) is 32.4 Å². The highest BCUT2D eigenvalue weighted by Gasteiger charge is 2.30. The van der Waals surface area contributed by atoms with Gasteiger partial charge < -0.3 is 10.6 Å². The van der Waals surface area contributed by atoms with Crippen molar-refractivity contribution in [2.45, 2.75) is 50.7 Å². The van der Waals surface area contributed by atoms with Crippen LogP contribution in [0.5, 0.6) is 0 Å². The molecule has 0 aliphatic carbocycles. The van der Waals surface area contributed by atoms with Gasteiger partial charge in [-0.2, -0.15) is 13.2 Å². The van der Waals surface area contributed by atoms with Crippen molar-refractivity contribution in [3.63, 3.8) is 0 Å². The van der Waals surface area contributed by atoms with Gasteiger partial charge in [-0.15, -0.1) is 24.0 Å². The number of aliphatic imine (C=N–C) groups is 1. The van der Waals surface area contributed by atoms with Gasteiger partial charge in [0.05, 0.1) is 16.1 Å². The fourth-order valence-electron chi connectivity index (χ4n) is 3.15. The van der Waals surface area contributed by atoms with Gasteiger partial charge in [-0.3, -0.25) is 9.89 Å². The molecule has 1 atom stereocenters. The van der Waals surface area contributed by atoms with Crippen LogP contribution in [0.4, 0.5) is 13.2 Å². The highest BCUT2D eigenvalue weighted by atomic mass is 127. The van der Waals surface area contributed by atoms with E-state index in [1.54, 1.807) is 27.8 Å². The van der Waals surface area contributed by atoms with Gasteiger partial charge in [-0.25, -0.2) is 8.42 Å². The first-order valence-corrected chi connectivity index (χ1v) is 11.5. The molecule has 0 amide bonds. The summed E-state index contributed by atoms with van der Waals surface area (Å²) in [6, 6.07) is 5.38. The largest absolute Gasteiger partial charge is 0.416 e. The third-order valence-corrected chi connectivity index (χ3v) is 7.73. The minimum Gasteiger partial charge on any atom is -0.355 e. The summed E-state index contributed by atoms with van der Waals surface area (Å²) in [5, 5.41) is 6.33. The molecule has 2 N–H and O–H groups in total. The van der Waals surface area contributed by atoms with Crippen molar-refractivity contribution in [3.05, 3.63) is 35.4 Å². The van der Waals surface area contributed by atoms with Crippen LogP contribution < -0.4 is 10.6 Å². The van der Waals surface area contributed by atoms with Crippen molar-refractivity contribution in [1.29, 1.82) is 0 Å². The van der Waals surface area contributed by atoms with Crippen molar-refractivity contribution < 1.29 is 21.6 Å². The van der Waals surface area contributed by atoms with Crippen LogP contribution in [0.25, 0.3) is 0 Å². The molecule has 6 nitrogen and oxygen atoms in total. The van der Waals surface area contributed by atoms with Gasteiger partial charge >= 0.3 is 6.18 Å². The summed E-state index contributed by atoms with van der Waals surface area (Å²) in [5.74, 6) is 0.558. The summed E-state index contributed by atoms with van der Waals surface area (Å²) in [6.45, 7) is 7.42. The topological polar surface area (TPSA) is 73.8 Å². The van der Waals surface area contributed by atoms with Crippen LogP contribution in [0.15, 0.2) is 29.3 Å². The van der Waals surface area contributed by atoms with E-state index in [-0.39, 0.29) is 42.3 Å². The maximum atomic E-state index is 12.7. The number of hydrogen-bond donors (Lipinski definition) is 2. The third kappa shape index (κ3) is 8.41. The quantitative estimate of drug-likeness (QED) is 0.309. The summed E-state index contributed by atoms with van der Waals surface area (Å²) in [7, 11) is -1.58. The number of guanidine groups is 1. The van der Waals surface area contributed by atoms with Crippen LogP contribution in [-0.2, 0) is 22.6 Å². The monoisotopic (exact) mass is 576 g/mol. The predicted molar refractivity (Wildman–Crippen MR) is 129 cm³/mol. The fourth-order valence-corrected chi connectivity index (χ4v) is 4.13. The fraction of sp³-hybridized carbons (Fsp3) is 0.650. The SMILES string of the molecule is CN=C(NCCS(=O)(=O)C(C)(C)C)NC1CCN(Cc2ccc(C(F)(F)F)cc2)C1.I. The molecule has 0 saturated carbocycles. The molecule has 178 valence electrons. The van der Waals surface area contributed by atoms with Crippen molar-refractivity contribution in [1.82, 2.24) is 15.5 Å². The Labute approximate surface area is 200 Å². The molecule has 31 heavy (non-hydrogen) atoms. The Balaban J connectivity index is 0.00000480. The average molecular weight is 576 g/mol. The number of alkyl halides is 3. The molecular formula is C20H32F3IN4O2S. The lowest BCUT2D eigenvalue weighted by Gasteiger charge is -2.21. The van der Waals surface area contributed by atoms with Crippen molar-refractivity contribution >= 4 is 39.8 Å². The molecule has 11 heteroatoms. The van der Waals surface area contributed by atoms with E-state index < -0.39 is 26.3 Å². The molecule has 1 aliphatic heterocycles. The number of hydrogen-bond acceptors (Lipinski definition) is 4. The highest BCUT2D eigenvalue weighted by molar-refractivity contribution is 14.0. The van der Waals surface area contributed by atoms with E-state index in [9.17, 15) is 21.6 Å². The molecule has 1 unspecified atom stereocenters. The van der Waals surface area contributed by atoms with Gasteiger partial charge in [-0.05, 0) is 44.9 Å². The van der Waals surface area contributed by atoms with Crippen LogP contribution in [0.3, 0.4) is 0 Å². The number of halogens is 4. The number of likely N-dealkylation sites (tertiary alicyclic amines) is 1. The van der Waals surface area contributed by atoms with Crippen LogP contribution in [0.2, 0.25) is 0 Å². The summed E-state index contributed by atoms with van der Waals surface area (Å²) in [4.78, 5) is 6.31. The van der Waals surface area contributed by atoms with Crippen LogP contribution in [0.1, 0.15) is 38.3 Å². The number of nitrogens with zero attached hydrogens (tertiary/aromatic N) is 2. The molecule has 1 aromatic rings. The lowest BCUT2D eigenvalue weighted by Crippen LogP contribution is -2.46. The Kier molecular flexibility index (Phi) is 10.1. The molecule has 1 fully saturated rings. The Bertz CT molecular complexity index is 837. The van der Waals surface area contributed by atoms with Crippen molar-refractivity contribution in [3.8, 4) is 0 Å². The van der Waals surface area contributed by atoms with Crippen molar-refractivity contribution in [2.24, 2.45) is 4.99 Å². The lowest BCUT2D eigenvalue weighted by atomic mass is 10.1. The highest BCUT2D eigenvalue weighted by Crippen LogP contribution is 2.29. The van der Waals surface area contributed by atoms with E-state index in [2.05, 4.69) is 20.5 Å². The van der Waals surface area contributed by atoms with Crippen LogP contribution in [0, 0.1) is 0 Å². The smallest absolute Gasteiger partial charge is 0.355 e. The van der Waals surface area contributed by atoms with Gasteiger partial charge in [0, 0.05) is 39.3 Å². The maximum absolute atomic E-state index is 12.7. The summed E-state index contributed by atoms with van der Waals surface area (Å²) < 4.78 is 61.6. The summed E-state index contributed by atoms with van der Waals surface area (Å²) in [5.41, 5.74) is 0.189. The third-order valence-electron chi connectivity index (χ3n) is 5.12. The number of nitrogens with one attached hydrogen (secondary N) is 2. The van der Waals surface area contributed by atoms with E-state index in [0.717, 1.165) is 37.2 Å². The predicted octanol–water partition coefficient (Wildman–Crippen LogP) is 3.28. The van der Waals surface area contributed by atoms with Gasteiger partial charge in [0.15, 0.2) is 15.8 Å². The van der Waals surface area contributed by atoms with Gasteiger partial charge in [0.1, 0.15) is 0 Å². The van der Waals surface area contributed by atoms with Crippen LogP contribution in [-0.4, -0.2) is 62.5 Å². The second-order valence-corrected chi connectivity index (χ2v) is 11.4. The second-order valence-electron chi connectivity index (χ2n) is 8.49. The maximum Gasteiger partial charge on any atom is 0.416 e. The molecule has 2 rings (SSSR count). The van der Waals surface area contributed by atoms with Gasteiger partial charge in [0.2, 0.25) is 0 Å². The Hall–Kier alpha value is -1.08. The summed E-state index contributed by atoms with van der Waals surface area (Å²) >= 11 is 0. The summed E-state index contributed by atoms with van der Waals surface area (Å²) in [6.07, 6.45) is -3.46. The zero-order chi connectivity index (χ0) is 22.6. The minimum absolute atomic E-state index is 0. The zero-order valence-electron chi connectivity index (χ0n) is 18.3. The van der Waals surface area contributed by atoms with Crippen LogP contribution >= 0.6 is 24.0 Å². The number of benzene rings is 1. The van der Waals surface area contributed by atoms with Gasteiger partial charge in [0.25, 0.3) is 0 Å². The molecule has 0 aromatic heterocycles. The molecule has 1 aromatic carbocycles. The first kappa shape index (κ1) is 28.0. The zero-order valence-corrected chi connectivity index (χ0v) is 21.4. The molecular weight excluding hydrogens is 544 g/mol. The van der Waals surface area contributed by atoms with E-state index in [1.165, 1.54) is 12.1 Å². The molecule has 0 spiro atoms. The van der Waals surface area contributed by atoms with Gasteiger partial charge in [-0.1, -0.05) is 12.1 Å². The number of sulfone groups is 1. The molecule has 1 aliphatic rings. The Morgan fingerprint density at radius 2 is 1.81 bits per heavy atom. The molecule has 0 radical (unpaired) electrons. The Morgan fingerprint density at radius 1 is 1.19 bits per heavy atom. The molecule has 1 heterocycles. The first-order chi connectivity index (χ1) is 13.8. The average Bonchev–Trinajstić information content (AvgIpc) is 3.06. The van der Waals surface area contributed by atoms with E-state index >= 15 is 0 Å². The number of rotatable bonds is 6. The van der Waals surface area contributed by atoms with E-state index in [1.807, 2.05) is 0 Å². The molecule has 0 bridgehead atoms. The standard InChI is InChI=1S/C20H31F3N4O2S.HI/c1-19(2,3)30(28,29)12-10-25-18(24-4)26-17-9-11-27(14-17)13-15-5-7-16(8-6-15)20(21,22)23;/h5-8,17H,9-14H2,1-4H3,(H2,24,25,26);1H. The first-order valence-electron chi connectivity index (χ1n) is 9.90. The minimum atomic E-state index is -4.32. The van der Waals surface area contributed by atoms with E-state index in [4.69, 9.17) is 0 Å². The Morgan fingerprint density at radius 3 is 2.32 bits per heavy atom. The normalized spacial score (nSPS) is 18.5. The second kappa shape index (κ2) is 11.2.